The maximum absolute atomic E-state index is 12.6. The summed E-state index contributed by atoms with van der Waals surface area (Å²) < 4.78 is 5.39. The monoisotopic (exact) mass is 345 g/mol. The first-order chi connectivity index (χ1) is 12.2. The van der Waals surface area contributed by atoms with Crippen molar-refractivity contribution in [3.8, 4) is 0 Å². The van der Waals surface area contributed by atoms with Gasteiger partial charge in [-0.05, 0) is 57.1 Å². The second-order valence-electron chi connectivity index (χ2n) is 7.12. The van der Waals surface area contributed by atoms with Crippen molar-refractivity contribution in [2.45, 2.75) is 45.1 Å². The van der Waals surface area contributed by atoms with Crippen molar-refractivity contribution >= 4 is 17.3 Å². The third-order valence-corrected chi connectivity index (χ3v) is 5.33. The lowest BCUT2D eigenvalue weighted by Gasteiger charge is -2.30. The summed E-state index contributed by atoms with van der Waals surface area (Å²) in [6, 6.07) is 8.10. The first-order valence-electron chi connectivity index (χ1n) is 9.72. The van der Waals surface area contributed by atoms with Crippen LogP contribution in [0.25, 0.3) is 0 Å². The lowest BCUT2D eigenvalue weighted by atomic mass is 10.1. The molecule has 0 aromatic heterocycles. The molecule has 25 heavy (non-hydrogen) atoms. The van der Waals surface area contributed by atoms with Crippen LogP contribution in [0, 0.1) is 0 Å². The first kappa shape index (κ1) is 18.2. The van der Waals surface area contributed by atoms with Gasteiger partial charge in [0.1, 0.15) is 0 Å². The van der Waals surface area contributed by atoms with Crippen LogP contribution in [-0.2, 0) is 9.53 Å². The number of hydrogen-bond donors (Lipinski definition) is 1. The second kappa shape index (κ2) is 9.20. The molecule has 3 rings (SSSR count). The van der Waals surface area contributed by atoms with Gasteiger partial charge in [-0.25, -0.2) is 0 Å². The van der Waals surface area contributed by atoms with E-state index in [9.17, 15) is 4.79 Å². The minimum Gasteiger partial charge on any atom is -0.378 e. The third-order valence-electron chi connectivity index (χ3n) is 5.33. The van der Waals surface area contributed by atoms with Gasteiger partial charge in [0.15, 0.2) is 0 Å². The molecular formula is C20H31N3O2. The fourth-order valence-electron chi connectivity index (χ4n) is 3.65. The number of nitrogens with one attached hydrogen (secondary N) is 1. The molecule has 1 atom stereocenters. The van der Waals surface area contributed by atoms with Gasteiger partial charge in [0.2, 0.25) is 5.91 Å². The van der Waals surface area contributed by atoms with Gasteiger partial charge in [-0.15, -0.1) is 0 Å². The Hall–Kier alpha value is -1.59. The normalized spacial score (nSPS) is 21.2. The van der Waals surface area contributed by atoms with Crippen molar-refractivity contribution in [2.75, 3.05) is 49.6 Å². The molecule has 2 aliphatic heterocycles. The van der Waals surface area contributed by atoms with Gasteiger partial charge in [0.05, 0.1) is 19.3 Å². The Bertz CT molecular complexity index is 532. The van der Waals surface area contributed by atoms with Crippen molar-refractivity contribution in [1.29, 1.82) is 0 Å². The van der Waals surface area contributed by atoms with Crippen LogP contribution < -0.4 is 10.2 Å². The van der Waals surface area contributed by atoms with Gasteiger partial charge in [0, 0.05) is 24.5 Å². The zero-order valence-corrected chi connectivity index (χ0v) is 15.4. The highest BCUT2D eigenvalue weighted by Crippen LogP contribution is 2.20. The predicted octanol–water partition coefficient (Wildman–Crippen LogP) is 3.12. The Kier molecular flexibility index (Phi) is 6.70. The number of nitrogens with zero attached hydrogens (tertiary/aromatic N) is 2. The molecule has 0 spiro atoms. The summed E-state index contributed by atoms with van der Waals surface area (Å²) >= 11 is 0. The fraction of sp³-hybridized carbons (Fsp3) is 0.650. The predicted molar refractivity (Wildman–Crippen MR) is 102 cm³/mol. The van der Waals surface area contributed by atoms with Gasteiger partial charge >= 0.3 is 0 Å². The Morgan fingerprint density at radius 1 is 0.960 bits per heavy atom. The molecule has 0 unspecified atom stereocenters. The van der Waals surface area contributed by atoms with E-state index in [4.69, 9.17) is 4.74 Å². The molecule has 2 fully saturated rings. The van der Waals surface area contributed by atoms with Gasteiger partial charge in [-0.2, -0.15) is 0 Å². The number of hydrogen-bond acceptors (Lipinski definition) is 4. The topological polar surface area (TPSA) is 44.8 Å². The van der Waals surface area contributed by atoms with Crippen molar-refractivity contribution in [3.63, 3.8) is 0 Å². The van der Waals surface area contributed by atoms with Crippen LogP contribution >= 0.6 is 0 Å². The minimum absolute atomic E-state index is 0.0722. The smallest absolute Gasteiger partial charge is 0.241 e. The van der Waals surface area contributed by atoms with E-state index in [-0.39, 0.29) is 11.9 Å². The SMILES string of the molecule is C[C@@H](C(=O)Nc1ccc(N2CCOCC2)cc1)N1CCCCCCC1. The molecule has 1 aromatic carbocycles. The molecule has 1 aromatic rings. The number of amides is 1. The maximum Gasteiger partial charge on any atom is 0.241 e. The standard InChI is InChI=1S/C20H31N3O2/c1-17(22-11-5-3-2-4-6-12-22)20(24)21-18-7-9-19(10-8-18)23-13-15-25-16-14-23/h7-10,17H,2-6,11-16H2,1H3,(H,21,24)/t17-/m0/s1. The highest BCUT2D eigenvalue weighted by Gasteiger charge is 2.21. The number of ether oxygens (including phenoxy) is 1. The lowest BCUT2D eigenvalue weighted by molar-refractivity contribution is -0.120. The molecular weight excluding hydrogens is 314 g/mol. The van der Waals surface area contributed by atoms with Crippen LogP contribution in [0.1, 0.15) is 39.0 Å². The van der Waals surface area contributed by atoms with E-state index in [1.807, 2.05) is 19.1 Å². The summed E-state index contributed by atoms with van der Waals surface area (Å²) in [6.07, 6.45) is 6.31. The van der Waals surface area contributed by atoms with E-state index >= 15 is 0 Å². The highest BCUT2D eigenvalue weighted by atomic mass is 16.5. The summed E-state index contributed by atoms with van der Waals surface area (Å²) in [5, 5.41) is 3.08. The number of benzene rings is 1. The lowest BCUT2D eigenvalue weighted by Crippen LogP contribution is -2.43. The van der Waals surface area contributed by atoms with Crippen LogP contribution in [-0.4, -0.2) is 56.2 Å². The maximum atomic E-state index is 12.6. The zero-order valence-electron chi connectivity index (χ0n) is 15.4. The van der Waals surface area contributed by atoms with Crippen LogP contribution in [0.15, 0.2) is 24.3 Å². The average molecular weight is 345 g/mol. The molecule has 1 N–H and O–H groups in total. The van der Waals surface area contributed by atoms with E-state index in [1.165, 1.54) is 37.8 Å². The molecule has 138 valence electrons. The molecule has 2 heterocycles. The first-order valence-corrected chi connectivity index (χ1v) is 9.72. The number of carbonyl (C=O) groups excluding carboxylic acids is 1. The van der Waals surface area contributed by atoms with E-state index in [0.717, 1.165) is 45.1 Å². The molecule has 5 heteroatoms. The zero-order chi connectivity index (χ0) is 17.5. The Balaban J connectivity index is 1.54. The highest BCUT2D eigenvalue weighted by molar-refractivity contribution is 5.94. The van der Waals surface area contributed by atoms with Crippen molar-refractivity contribution < 1.29 is 9.53 Å². The van der Waals surface area contributed by atoms with Gasteiger partial charge in [-0.1, -0.05) is 19.3 Å². The Morgan fingerprint density at radius 2 is 1.56 bits per heavy atom. The van der Waals surface area contributed by atoms with Crippen molar-refractivity contribution in [2.24, 2.45) is 0 Å². The van der Waals surface area contributed by atoms with E-state index < -0.39 is 0 Å². The molecule has 2 saturated heterocycles. The van der Waals surface area contributed by atoms with Crippen molar-refractivity contribution in [1.82, 2.24) is 4.90 Å². The number of anilines is 2. The van der Waals surface area contributed by atoms with Crippen LogP contribution in [0.3, 0.4) is 0 Å². The van der Waals surface area contributed by atoms with E-state index in [0.29, 0.717) is 0 Å². The third kappa shape index (κ3) is 5.19. The molecule has 1 amide bonds. The van der Waals surface area contributed by atoms with Crippen LogP contribution in [0.5, 0.6) is 0 Å². The number of likely N-dealkylation sites (tertiary alicyclic amines) is 1. The second-order valence-corrected chi connectivity index (χ2v) is 7.12. The summed E-state index contributed by atoms with van der Waals surface area (Å²) in [7, 11) is 0. The summed E-state index contributed by atoms with van der Waals surface area (Å²) in [5.74, 6) is 0.0969. The van der Waals surface area contributed by atoms with Crippen LogP contribution in [0.4, 0.5) is 11.4 Å². The van der Waals surface area contributed by atoms with E-state index in [1.54, 1.807) is 0 Å². The number of rotatable bonds is 4. The molecule has 0 aliphatic carbocycles. The quantitative estimate of drug-likeness (QED) is 0.911. The van der Waals surface area contributed by atoms with Crippen LogP contribution in [0.2, 0.25) is 0 Å². The summed E-state index contributed by atoms with van der Waals surface area (Å²) in [6.45, 7) is 7.52. The van der Waals surface area contributed by atoms with Gasteiger partial charge < -0.3 is 15.0 Å². The average Bonchev–Trinajstić information content (AvgIpc) is 2.62. The van der Waals surface area contributed by atoms with Gasteiger partial charge in [-0.3, -0.25) is 9.69 Å². The van der Waals surface area contributed by atoms with E-state index in [2.05, 4.69) is 27.2 Å². The van der Waals surface area contributed by atoms with Crippen molar-refractivity contribution in [3.05, 3.63) is 24.3 Å². The number of morpholine rings is 1. The van der Waals surface area contributed by atoms with Gasteiger partial charge in [0.25, 0.3) is 0 Å². The molecule has 2 aliphatic rings. The Labute approximate surface area is 151 Å². The fourth-order valence-corrected chi connectivity index (χ4v) is 3.65. The molecule has 0 saturated carbocycles. The summed E-state index contributed by atoms with van der Waals surface area (Å²) in [4.78, 5) is 17.3. The Morgan fingerprint density at radius 3 is 2.20 bits per heavy atom. The molecule has 5 nitrogen and oxygen atoms in total. The summed E-state index contributed by atoms with van der Waals surface area (Å²) in [5.41, 5.74) is 2.07. The number of carbonyl (C=O) groups is 1. The molecule has 0 bridgehead atoms. The molecule has 0 radical (unpaired) electrons. The largest absolute Gasteiger partial charge is 0.378 e. The minimum atomic E-state index is -0.0722.